The van der Waals surface area contributed by atoms with Gasteiger partial charge < -0.3 is 18.3 Å². The van der Waals surface area contributed by atoms with Gasteiger partial charge in [0.2, 0.25) is 0 Å². The van der Waals surface area contributed by atoms with Crippen molar-refractivity contribution in [3.63, 3.8) is 0 Å². The fraction of sp³-hybridized carbons (Fsp3) is 0.0928. The lowest BCUT2D eigenvalue weighted by Gasteiger charge is -2.30. The Morgan fingerprint density at radius 3 is 0.566 bits per heavy atom. The van der Waals surface area contributed by atoms with Crippen molar-refractivity contribution in [1.82, 2.24) is 38.2 Å². The van der Waals surface area contributed by atoms with Crippen molar-refractivity contribution in [3.8, 4) is 65.0 Å². The average Bonchev–Trinajstić information content (AvgIpc) is 1.58. The smallest absolute Gasteiger partial charge is 0.172 e. The van der Waals surface area contributed by atoms with Crippen LogP contribution in [0, 0.1) is 78.7 Å². The molecule has 22 aromatic rings. The minimum atomic E-state index is -1.48. The van der Waals surface area contributed by atoms with Crippen LogP contribution in [0.3, 0.4) is 0 Å². The Morgan fingerprint density at radius 1 is 0.221 bits per heavy atom. The molecule has 0 aliphatic rings. The predicted octanol–water partition coefficient (Wildman–Crippen LogP) is 28.5. The quantitative estimate of drug-likeness (QED) is 0.112. The number of hydrogen-bond acceptors (Lipinski definition) is 8. The van der Waals surface area contributed by atoms with E-state index in [1.165, 1.54) is 87.6 Å². The number of aryl methyl sites for hydroxylation is 8. The molecule has 0 atom stereocenters. The molecule has 0 saturated carbocycles. The zero-order valence-corrected chi connectivity index (χ0v) is 65.1. The molecule has 0 unspecified atom stereocenters. The number of rotatable bonds is 8. The van der Waals surface area contributed by atoms with Crippen LogP contribution in [0.15, 0.2) is 243 Å². The van der Waals surface area contributed by atoms with E-state index in [-0.39, 0.29) is 17.4 Å². The summed E-state index contributed by atoms with van der Waals surface area (Å²) in [5.74, 6) is -5.92. The van der Waals surface area contributed by atoms with Crippen LogP contribution in [0.5, 0.6) is 0 Å². The van der Waals surface area contributed by atoms with Gasteiger partial charge in [-0.3, -0.25) is 0 Å². The molecule has 0 spiro atoms. The lowest BCUT2D eigenvalue weighted by atomic mass is 9.97. The number of hydrogen-bond donors (Lipinski definition) is 0. The third-order valence-electron chi connectivity index (χ3n) is 21.9. The van der Waals surface area contributed by atoms with Crippen LogP contribution in [0.1, 0.15) is 51.9 Å². The normalized spacial score (nSPS) is 12.0. The van der Waals surface area contributed by atoms with Crippen molar-refractivity contribution in [2.24, 2.45) is 0 Å². The van der Waals surface area contributed by atoms with Gasteiger partial charge in [0.15, 0.2) is 23.3 Å². The maximum Gasteiger partial charge on any atom is 0.172 e. The molecule has 8 nitrogen and oxygen atoms in total. The molecular weight excluding hydrogens is 1480 g/mol. The largest absolute Gasteiger partial charge is 0.306 e. The molecule has 113 heavy (non-hydrogen) atoms. The summed E-state index contributed by atoms with van der Waals surface area (Å²) in [6.45, 7) is 17.8. The first-order chi connectivity index (χ1) is 54.5. The first-order valence-electron chi connectivity index (χ1n) is 37.1. The molecule has 16 heteroatoms. The number of benzene rings is 14. The van der Waals surface area contributed by atoms with E-state index in [9.17, 15) is 17.6 Å². The third-order valence-corrected chi connectivity index (χ3v) is 26.1. The maximum absolute atomic E-state index is 14.8. The number of thiazole rings is 4. The van der Waals surface area contributed by atoms with Gasteiger partial charge >= 0.3 is 0 Å². The summed E-state index contributed by atoms with van der Waals surface area (Å²) in [5, 5.41) is 11.2. The second-order valence-corrected chi connectivity index (χ2v) is 33.7. The highest BCUT2D eigenvalue weighted by Gasteiger charge is 2.38. The second-order valence-electron chi connectivity index (χ2n) is 29.6. The summed E-state index contributed by atoms with van der Waals surface area (Å²) in [6, 6.07) is 87.4. The van der Waals surface area contributed by atoms with Crippen LogP contribution in [-0.2, 0) is 0 Å². The van der Waals surface area contributed by atoms with Crippen LogP contribution in [0.25, 0.3) is 193 Å². The van der Waals surface area contributed by atoms with Crippen molar-refractivity contribution in [2.75, 3.05) is 0 Å². The fourth-order valence-corrected chi connectivity index (χ4v) is 20.9. The number of halogens is 4. The first-order valence-corrected chi connectivity index (χ1v) is 40.3. The van der Waals surface area contributed by atoms with Crippen LogP contribution in [0.4, 0.5) is 17.6 Å². The van der Waals surface area contributed by atoms with E-state index in [1.807, 2.05) is 0 Å². The molecule has 0 saturated heterocycles. The van der Waals surface area contributed by atoms with Crippen molar-refractivity contribution >= 4 is 173 Å². The Bertz CT molecular complexity index is 6700. The zero-order chi connectivity index (χ0) is 76.0. The van der Waals surface area contributed by atoms with Gasteiger partial charge in [-0.1, -0.05) is 149 Å². The molecule has 0 amide bonds. The van der Waals surface area contributed by atoms with E-state index in [1.54, 1.807) is 71.2 Å². The minimum absolute atomic E-state index is 0. The average molecular weight is 1550 g/mol. The SMILES string of the molecule is C.Cc1ccc2c(c1)c1cc(C)ccc1n2-c1c(-c2nc3ccccc3s2)c(-n2c3ccc(C)cc3c3cc(C)ccc32)c(-n2c3ccc(C)cc3c3cc(C)ccc32)c(-c2nc3ccccc3s2)c1-n1c2ccc(C)cc2c2cc(C)ccc21.Fc1c(F)c(-c2nc3ccccc3s2)c(F)c(F)c1-c1nc2ccccc2s1. The van der Waals surface area contributed by atoms with E-state index in [0.29, 0.717) is 20.4 Å². The Hall–Kier alpha value is -12.4. The molecule has 8 aromatic heterocycles. The highest BCUT2D eigenvalue weighted by molar-refractivity contribution is 7.23. The number of para-hydroxylation sites is 4. The Balaban J connectivity index is 0.000000240. The van der Waals surface area contributed by atoms with Gasteiger partial charge in [0, 0.05) is 43.1 Å². The number of fused-ring (bicyclic) bond motifs is 16. The highest BCUT2D eigenvalue weighted by Crippen LogP contribution is 2.57. The molecular formula is C97H68F4N8S4. The summed E-state index contributed by atoms with van der Waals surface area (Å²) in [5.41, 5.74) is 26.0. The Labute approximate surface area is 662 Å². The lowest BCUT2D eigenvalue weighted by molar-refractivity contribution is 0.463. The predicted molar refractivity (Wildman–Crippen MR) is 469 cm³/mol. The van der Waals surface area contributed by atoms with Crippen molar-refractivity contribution in [2.45, 2.75) is 62.8 Å². The molecule has 0 radical (unpaired) electrons. The molecule has 0 fully saturated rings. The molecule has 548 valence electrons. The topological polar surface area (TPSA) is 71.3 Å². The van der Waals surface area contributed by atoms with Crippen molar-refractivity contribution in [1.29, 1.82) is 0 Å². The summed E-state index contributed by atoms with van der Waals surface area (Å²) in [6.07, 6.45) is 0. The molecule has 22 rings (SSSR count). The van der Waals surface area contributed by atoms with Gasteiger partial charge in [-0.2, -0.15) is 0 Å². The van der Waals surface area contributed by atoms with Crippen molar-refractivity contribution in [3.05, 3.63) is 310 Å². The van der Waals surface area contributed by atoms with Crippen LogP contribution < -0.4 is 0 Å². The maximum atomic E-state index is 14.8. The van der Waals surface area contributed by atoms with E-state index < -0.39 is 34.4 Å². The highest BCUT2D eigenvalue weighted by atomic mass is 32.1. The van der Waals surface area contributed by atoms with Gasteiger partial charge in [0.05, 0.1) is 130 Å². The molecule has 0 aliphatic heterocycles. The number of nitrogens with zero attached hydrogens (tertiary/aromatic N) is 8. The van der Waals surface area contributed by atoms with Crippen LogP contribution >= 0.6 is 45.3 Å². The van der Waals surface area contributed by atoms with Crippen LogP contribution in [0.2, 0.25) is 0 Å². The van der Waals surface area contributed by atoms with Gasteiger partial charge in [0.25, 0.3) is 0 Å². The second kappa shape index (κ2) is 26.4. The van der Waals surface area contributed by atoms with E-state index in [4.69, 9.17) is 9.97 Å². The monoisotopic (exact) mass is 1550 g/mol. The van der Waals surface area contributed by atoms with E-state index >= 15 is 0 Å². The zero-order valence-electron chi connectivity index (χ0n) is 61.8. The first kappa shape index (κ1) is 69.7. The van der Waals surface area contributed by atoms with Gasteiger partial charge in [-0.05, 0) is 201 Å². The molecule has 0 bridgehead atoms. The fourth-order valence-electron chi connectivity index (χ4n) is 16.9. The van der Waals surface area contributed by atoms with Gasteiger partial charge in [-0.15, -0.1) is 45.3 Å². The summed E-state index contributed by atoms with van der Waals surface area (Å²) >= 11 is 5.48. The lowest BCUT2D eigenvalue weighted by Crippen LogP contribution is -2.16. The summed E-state index contributed by atoms with van der Waals surface area (Å²) < 4.78 is 73.3. The third kappa shape index (κ3) is 10.8. The van der Waals surface area contributed by atoms with E-state index in [0.717, 1.165) is 131 Å². The van der Waals surface area contributed by atoms with Crippen molar-refractivity contribution < 1.29 is 17.6 Å². The molecule has 0 N–H and O–H groups in total. The Morgan fingerprint density at radius 2 is 0.389 bits per heavy atom. The molecule has 8 heterocycles. The molecule has 14 aromatic carbocycles. The van der Waals surface area contributed by atoms with E-state index in [2.05, 4.69) is 278 Å². The number of aromatic nitrogens is 8. The van der Waals surface area contributed by atoms with Gasteiger partial charge in [0.1, 0.15) is 20.0 Å². The van der Waals surface area contributed by atoms with Crippen LogP contribution in [-0.4, -0.2) is 38.2 Å². The Kier molecular flexibility index (Phi) is 16.3. The molecule has 0 aliphatic carbocycles. The van der Waals surface area contributed by atoms with Gasteiger partial charge in [-0.25, -0.2) is 37.5 Å². The summed E-state index contributed by atoms with van der Waals surface area (Å²) in [4.78, 5) is 20.1. The minimum Gasteiger partial charge on any atom is -0.306 e. The standard InChI is InChI=1S/C76H56N6S2.C20H8F4N2S2.CH4/c1-41-17-25-59-49(33-41)50-34-42(2)18-26-60(50)79(59)71-69(75-77-57-13-9-11-15-67(57)83-75)73(81-63-29-21-45(5)37-53(63)54-38-46(6)22-30-64(54)81)74(82-65-31-23-47(7)39-55(65)56-40-48(8)24-32-66(56)82)70(76-78-58-14-10-12-16-68(58)84-76)72(71)80-61-27-19-43(3)35-51(61)52-36-44(4)20-28-62(52)80;21-15-13(19-25-9-5-1-3-7-11(9)27-19)16(22)18(24)14(17(15)23)20-26-10-6-2-4-8-12(10)28-20;/h9-40H,1-8H3;1-8H;1H4. The summed E-state index contributed by atoms with van der Waals surface area (Å²) in [7, 11) is 0.